The van der Waals surface area contributed by atoms with Crippen LogP contribution < -0.4 is 4.74 Å². The molecule has 2 heteroatoms. The first kappa shape index (κ1) is 10.8. The van der Waals surface area contributed by atoms with E-state index < -0.39 is 0 Å². The van der Waals surface area contributed by atoms with Gasteiger partial charge in [0.2, 0.25) is 0 Å². The summed E-state index contributed by atoms with van der Waals surface area (Å²) in [5.41, 5.74) is 0.870. The first-order chi connectivity index (χ1) is 7.79. The minimum atomic E-state index is 0.676. The average molecular weight is 231 g/mol. The lowest BCUT2D eigenvalue weighted by Crippen LogP contribution is -1.84. The molecule has 0 aliphatic rings. The van der Waals surface area contributed by atoms with Gasteiger partial charge < -0.3 is 4.74 Å². The van der Waals surface area contributed by atoms with E-state index in [2.05, 4.69) is 6.58 Å². The van der Waals surface area contributed by atoms with Crippen LogP contribution in [-0.2, 0) is 0 Å². The first-order valence-electron chi connectivity index (χ1n) is 4.94. The quantitative estimate of drug-likeness (QED) is 0.738. The molecule has 0 radical (unpaired) electrons. The molecule has 2 aromatic rings. The Morgan fingerprint density at radius 3 is 2.44 bits per heavy atom. The maximum absolute atomic E-state index is 5.97. The van der Waals surface area contributed by atoms with Crippen molar-refractivity contribution in [3.63, 3.8) is 0 Å². The largest absolute Gasteiger partial charge is 0.457 e. The molecule has 0 saturated carbocycles. The summed E-state index contributed by atoms with van der Waals surface area (Å²) in [5.74, 6) is 1.56. The highest BCUT2D eigenvalue weighted by Gasteiger charge is 2.00. The van der Waals surface area contributed by atoms with Crippen LogP contribution >= 0.6 is 11.6 Å². The fraction of sp³-hybridized carbons (Fsp3) is 0. The second-order valence-electron chi connectivity index (χ2n) is 3.30. The Kier molecular flexibility index (Phi) is 3.28. The molecule has 0 aliphatic carbocycles. The molecule has 0 bridgehead atoms. The lowest BCUT2D eigenvalue weighted by molar-refractivity contribution is 0.482. The van der Waals surface area contributed by atoms with E-state index in [0.717, 1.165) is 17.1 Å². The number of para-hydroxylation sites is 1. The molecule has 0 unspecified atom stereocenters. The number of halogens is 1. The Morgan fingerprint density at radius 2 is 1.75 bits per heavy atom. The molecule has 1 nitrogen and oxygen atoms in total. The molecule has 0 amide bonds. The predicted octanol–water partition coefficient (Wildman–Crippen LogP) is 4.78. The zero-order valence-corrected chi connectivity index (χ0v) is 9.45. The summed E-state index contributed by atoms with van der Waals surface area (Å²) >= 11 is 5.97. The number of hydrogen-bond acceptors (Lipinski definition) is 1. The lowest BCUT2D eigenvalue weighted by atomic mass is 10.2. The van der Waals surface area contributed by atoms with Gasteiger partial charge in [0.25, 0.3) is 0 Å². The van der Waals surface area contributed by atoms with Crippen LogP contribution in [-0.4, -0.2) is 0 Å². The molecule has 0 atom stereocenters. The van der Waals surface area contributed by atoms with Crippen molar-refractivity contribution in [1.29, 1.82) is 0 Å². The molecule has 0 N–H and O–H groups in total. The van der Waals surface area contributed by atoms with E-state index in [9.17, 15) is 0 Å². The molecule has 0 aliphatic heterocycles. The van der Waals surface area contributed by atoms with Crippen LogP contribution in [0.5, 0.6) is 11.5 Å². The summed E-state index contributed by atoms with van der Waals surface area (Å²) in [7, 11) is 0. The number of ether oxygens (including phenoxy) is 1. The average Bonchev–Trinajstić information content (AvgIpc) is 2.33. The summed E-state index contributed by atoms with van der Waals surface area (Å²) in [5, 5.41) is 0.676. The van der Waals surface area contributed by atoms with E-state index in [-0.39, 0.29) is 0 Å². The maximum atomic E-state index is 5.97. The topological polar surface area (TPSA) is 9.23 Å². The van der Waals surface area contributed by atoms with Crippen molar-refractivity contribution >= 4 is 17.7 Å². The Balaban J connectivity index is 2.26. The molecular formula is C14H11ClO. The van der Waals surface area contributed by atoms with Gasteiger partial charge in [-0.1, -0.05) is 42.5 Å². The van der Waals surface area contributed by atoms with E-state index in [0.29, 0.717) is 5.02 Å². The van der Waals surface area contributed by atoms with Crippen molar-refractivity contribution in [2.24, 2.45) is 0 Å². The van der Waals surface area contributed by atoms with Crippen LogP contribution in [0.25, 0.3) is 6.08 Å². The summed E-state index contributed by atoms with van der Waals surface area (Å²) in [4.78, 5) is 0. The van der Waals surface area contributed by atoms with Crippen molar-refractivity contribution in [2.45, 2.75) is 0 Å². The maximum Gasteiger partial charge on any atom is 0.128 e. The second kappa shape index (κ2) is 4.86. The van der Waals surface area contributed by atoms with Crippen LogP contribution in [0.2, 0.25) is 5.02 Å². The Bertz CT molecular complexity index is 491. The fourth-order valence-corrected chi connectivity index (χ4v) is 1.56. The molecule has 0 fully saturated rings. The highest BCUT2D eigenvalue weighted by molar-refractivity contribution is 6.32. The van der Waals surface area contributed by atoms with Crippen molar-refractivity contribution in [3.8, 4) is 11.5 Å². The number of benzene rings is 2. The molecule has 0 aromatic heterocycles. The van der Waals surface area contributed by atoms with E-state index in [1.807, 2.05) is 42.5 Å². The van der Waals surface area contributed by atoms with Gasteiger partial charge in [-0.05, 0) is 35.9 Å². The smallest absolute Gasteiger partial charge is 0.128 e. The zero-order valence-electron chi connectivity index (χ0n) is 8.69. The van der Waals surface area contributed by atoms with Crippen molar-refractivity contribution in [2.75, 3.05) is 0 Å². The van der Waals surface area contributed by atoms with E-state index in [1.54, 1.807) is 12.1 Å². The zero-order chi connectivity index (χ0) is 11.4. The fourth-order valence-electron chi connectivity index (χ4n) is 1.37. The van der Waals surface area contributed by atoms with Gasteiger partial charge in [-0.15, -0.1) is 0 Å². The van der Waals surface area contributed by atoms with Crippen molar-refractivity contribution in [1.82, 2.24) is 0 Å². The molecule has 0 spiro atoms. The molecule has 0 saturated heterocycles. The number of hydrogen-bond donors (Lipinski definition) is 0. The van der Waals surface area contributed by atoms with Crippen LogP contribution in [0.4, 0.5) is 0 Å². The SMILES string of the molecule is C=Cc1cc(Oc2ccccc2)ccc1Cl. The van der Waals surface area contributed by atoms with Gasteiger partial charge in [0.05, 0.1) is 0 Å². The van der Waals surface area contributed by atoms with Gasteiger partial charge in [-0.3, -0.25) is 0 Å². The highest BCUT2D eigenvalue weighted by atomic mass is 35.5. The Morgan fingerprint density at radius 1 is 1.00 bits per heavy atom. The van der Waals surface area contributed by atoms with Gasteiger partial charge in [0, 0.05) is 5.02 Å². The van der Waals surface area contributed by atoms with Crippen molar-refractivity contribution < 1.29 is 4.74 Å². The summed E-state index contributed by atoms with van der Waals surface area (Å²) < 4.78 is 5.67. The van der Waals surface area contributed by atoms with E-state index in [1.165, 1.54) is 0 Å². The predicted molar refractivity (Wildman–Crippen MR) is 68.1 cm³/mol. The molecular weight excluding hydrogens is 220 g/mol. The third-order valence-electron chi connectivity index (χ3n) is 2.17. The highest BCUT2D eigenvalue weighted by Crippen LogP contribution is 2.26. The third-order valence-corrected chi connectivity index (χ3v) is 2.51. The van der Waals surface area contributed by atoms with Crippen LogP contribution in [0, 0.1) is 0 Å². The number of rotatable bonds is 3. The first-order valence-corrected chi connectivity index (χ1v) is 5.32. The standard InChI is InChI=1S/C14H11ClO/c1-2-11-10-13(8-9-14(11)15)16-12-6-4-3-5-7-12/h2-10H,1H2. The van der Waals surface area contributed by atoms with E-state index >= 15 is 0 Å². The molecule has 0 heterocycles. The summed E-state index contributed by atoms with van der Waals surface area (Å²) in [6.45, 7) is 3.70. The monoisotopic (exact) mass is 230 g/mol. The van der Waals surface area contributed by atoms with Gasteiger partial charge >= 0.3 is 0 Å². The van der Waals surface area contributed by atoms with Crippen LogP contribution in [0.3, 0.4) is 0 Å². The molecule has 2 rings (SSSR count). The van der Waals surface area contributed by atoms with Crippen LogP contribution in [0.15, 0.2) is 55.1 Å². The Labute approximate surface area is 99.9 Å². The van der Waals surface area contributed by atoms with Crippen molar-refractivity contribution in [3.05, 3.63) is 65.7 Å². The summed E-state index contributed by atoms with van der Waals surface area (Å²) in [6.07, 6.45) is 1.71. The molecule has 2 aromatic carbocycles. The molecule has 80 valence electrons. The normalized spacial score (nSPS) is 9.81. The van der Waals surface area contributed by atoms with Gasteiger partial charge in [-0.2, -0.15) is 0 Å². The lowest BCUT2D eigenvalue weighted by Gasteiger charge is -2.06. The third kappa shape index (κ3) is 2.44. The minimum absolute atomic E-state index is 0.676. The second-order valence-corrected chi connectivity index (χ2v) is 3.71. The molecule has 16 heavy (non-hydrogen) atoms. The van der Waals surface area contributed by atoms with Gasteiger partial charge in [0.1, 0.15) is 11.5 Å². The van der Waals surface area contributed by atoms with Gasteiger partial charge in [-0.25, -0.2) is 0 Å². The summed E-state index contributed by atoms with van der Waals surface area (Å²) in [6, 6.07) is 15.1. The Hall–Kier alpha value is -1.73. The minimum Gasteiger partial charge on any atom is -0.457 e. The van der Waals surface area contributed by atoms with Crippen LogP contribution in [0.1, 0.15) is 5.56 Å². The van der Waals surface area contributed by atoms with Gasteiger partial charge in [0.15, 0.2) is 0 Å². The van der Waals surface area contributed by atoms with E-state index in [4.69, 9.17) is 16.3 Å².